The maximum atomic E-state index is 11.8. The van der Waals surface area contributed by atoms with Crippen LogP contribution in [-0.2, 0) is 6.54 Å². The maximum absolute atomic E-state index is 11.8. The first-order valence-electron chi connectivity index (χ1n) is 5.77. The molecule has 2 aromatic rings. The largest absolute Gasteiger partial charge is 0.475 e. The Bertz CT molecular complexity index is 690. The monoisotopic (exact) mass is 273 g/mol. The van der Waals surface area contributed by atoms with Crippen molar-refractivity contribution < 1.29 is 19.1 Å². The van der Waals surface area contributed by atoms with Gasteiger partial charge in [0.25, 0.3) is 5.91 Å². The molecule has 6 heteroatoms. The second-order valence-electron chi connectivity index (χ2n) is 4.00. The number of nitrogens with one attached hydrogen (secondary N) is 1. The normalized spacial score (nSPS) is 10.0. The highest BCUT2D eigenvalue weighted by Gasteiger charge is 2.14. The van der Waals surface area contributed by atoms with Gasteiger partial charge in [0.15, 0.2) is 11.2 Å². The van der Waals surface area contributed by atoms with E-state index in [1.54, 1.807) is 0 Å². The Balaban J connectivity index is 2.13. The lowest BCUT2D eigenvalue weighted by Crippen LogP contribution is -2.24. The van der Waals surface area contributed by atoms with E-state index in [1.165, 1.54) is 0 Å². The van der Waals surface area contributed by atoms with Gasteiger partial charge in [-0.1, -0.05) is 30.3 Å². The second-order valence-corrected chi connectivity index (χ2v) is 4.00. The minimum Gasteiger partial charge on any atom is -0.475 e. The molecule has 0 fully saturated rings. The molecule has 1 aromatic carbocycles. The zero-order chi connectivity index (χ0) is 14.5. The standard InChI is InChI=1S/C14H11NO5/c16-10-6-11(20-12(7-10)14(18)19)13(17)15-8-9-4-2-1-3-5-9/h1-7H,8H2,(H,15,17)(H,18,19). The number of hydrogen-bond acceptors (Lipinski definition) is 4. The predicted molar refractivity (Wildman–Crippen MR) is 69.5 cm³/mol. The molecule has 20 heavy (non-hydrogen) atoms. The molecule has 0 aliphatic carbocycles. The van der Waals surface area contributed by atoms with Gasteiger partial charge in [0.05, 0.1) is 0 Å². The number of carboxylic acids is 1. The van der Waals surface area contributed by atoms with Crippen LogP contribution in [0.2, 0.25) is 0 Å². The lowest BCUT2D eigenvalue weighted by molar-refractivity contribution is 0.0655. The van der Waals surface area contributed by atoms with Gasteiger partial charge in [0.2, 0.25) is 5.76 Å². The second kappa shape index (κ2) is 5.83. The average molecular weight is 273 g/mol. The van der Waals surface area contributed by atoms with Crippen molar-refractivity contribution in [3.8, 4) is 0 Å². The Morgan fingerprint density at radius 2 is 1.75 bits per heavy atom. The Morgan fingerprint density at radius 1 is 1.10 bits per heavy atom. The molecule has 1 heterocycles. The highest BCUT2D eigenvalue weighted by molar-refractivity contribution is 5.92. The number of carbonyl (C=O) groups is 2. The van der Waals surface area contributed by atoms with Crippen LogP contribution < -0.4 is 10.7 Å². The lowest BCUT2D eigenvalue weighted by Gasteiger charge is -2.05. The average Bonchev–Trinajstić information content (AvgIpc) is 2.45. The van der Waals surface area contributed by atoms with Gasteiger partial charge in [-0.2, -0.15) is 0 Å². The molecule has 0 spiro atoms. The van der Waals surface area contributed by atoms with Crippen LogP contribution in [0, 0.1) is 0 Å². The summed E-state index contributed by atoms with van der Waals surface area (Å²) in [5.74, 6) is -2.94. The zero-order valence-electron chi connectivity index (χ0n) is 10.3. The van der Waals surface area contributed by atoms with Crippen molar-refractivity contribution in [2.24, 2.45) is 0 Å². The molecule has 0 saturated carbocycles. The number of aromatic carboxylic acids is 1. The SMILES string of the molecule is O=C(O)c1cc(=O)cc(C(=O)NCc2ccccc2)o1. The molecule has 0 bridgehead atoms. The van der Waals surface area contributed by atoms with Gasteiger partial charge in [0, 0.05) is 18.7 Å². The van der Waals surface area contributed by atoms with Crippen molar-refractivity contribution >= 4 is 11.9 Å². The number of carboxylic acid groups (broad SMARTS) is 1. The topological polar surface area (TPSA) is 96.6 Å². The molecule has 2 rings (SSSR count). The Kier molecular flexibility index (Phi) is 3.95. The van der Waals surface area contributed by atoms with Gasteiger partial charge < -0.3 is 14.8 Å². The molecule has 0 aliphatic rings. The summed E-state index contributed by atoms with van der Waals surface area (Å²) >= 11 is 0. The van der Waals surface area contributed by atoms with Gasteiger partial charge in [-0.25, -0.2) is 4.79 Å². The Morgan fingerprint density at radius 3 is 2.40 bits per heavy atom. The lowest BCUT2D eigenvalue weighted by atomic mass is 10.2. The van der Waals surface area contributed by atoms with Gasteiger partial charge in [0.1, 0.15) is 0 Å². The van der Waals surface area contributed by atoms with Gasteiger partial charge >= 0.3 is 5.97 Å². The number of rotatable bonds is 4. The summed E-state index contributed by atoms with van der Waals surface area (Å²) in [5, 5.41) is 11.3. The fraction of sp³-hybridized carbons (Fsp3) is 0.0714. The molecule has 6 nitrogen and oxygen atoms in total. The van der Waals surface area contributed by atoms with Crippen LogP contribution in [0.3, 0.4) is 0 Å². The van der Waals surface area contributed by atoms with Crippen molar-refractivity contribution in [3.63, 3.8) is 0 Å². The molecule has 102 valence electrons. The van der Waals surface area contributed by atoms with Crippen LogP contribution in [0.25, 0.3) is 0 Å². The minimum absolute atomic E-state index is 0.251. The molecule has 1 aromatic heterocycles. The van der Waals surface area contributed by atoms with Crippen molar-refractivity contribution in [1.82, 2.24) is 5.32 Å². The molecule has 0 atom stereocenters. The van der Waals surface area contributed by atoms with E-state index >= 15 is 0 Å². The van der Waals surface area contributed by atoms with E-state index in [4.69, 9.17) is 9.52 Å². The number of hydrogen-bond donors (Lipinski definition) is 2. The highest BCUT2D eigenvalue weighted by Crippen LogP contribution is 2.03. The van der Waals surface area contributed by atoms with Crippen LogP contribution in [-0.4, -0.2) is 17.0 Å². The molecular formula is C14H11NO5. The molecule has 0 unspecified atom stereocenters. The third kappa shape index (κ3) is 3.32. The minimum atomic E-state index is -1.40. The van der Waals surface area contributed by atoms with Crippen molar-refractivity contribution in [1.29, 1.82) is 0 Å². The van der Waals surface area contributed by atoms with Gasteiger partial charge in [-0.05, 0) is 5.56 Å². The summed E-state index contributed by atoms with van der Waals surface area (Å²) in [6.45, 7) is 0.251. The van der Waals surface area contributed by atoms with Crippen molar-refractivity contribution in [2.45, 2.75) is 6.54 Å². The van der Waals surface area contributed by atoms with Gasteiger partial charge in [-0.3, -0.25) is 9.59 Å². The molecule has 0 aliphatic heterocycles. The van der Waals surface area contributed by atoms with E-state index < -0.39 is 23.1 Å². The van der Waals surface area contributed by atoms with Crippen LogP contribution >= 0.6 is 0 Å². The third-order valence-electron chi connectivity index (χ3n) is 2.50. The van der Waals surface area contributed by atoms with E-state index in [2.05, 4.69) is 5.32 Å². The maximum Gasteiger partial charge on any atom is 0.371 e. The molecule has 1 amide bonds. The van der Waals surface area contributed by atoms with Crippen LogP contribution in [0.15, 0.2) is 51.7 Å². The summed E-state index contributed by atoms with van der Waals surface area (Å²) in [5.41, 5.74) is 0.274. The Labute approximate surface area is 113 Å². The zero-order valence-corrected chi connectivity index (χ0v) is 10.3. The Hall–Kier alpha value is -2.89. The molecule has 0 radical (unpaired) electrons. The first kappa shape index (κ1) is 13.5. The van der Waals surface area contributed by atoms with E-state index in [0.29, 0.717) is 0 Å². The summed E-state index contributed by atoms with van der Waals surface area (Å²) in [6.07, 6.45) is 0. The smallest absolute Gasteiger partial charge is 0.371 e. The fourth-order valence-corrected chi connectivity index (χ4v) is 1.56. The van der Waals surface area contributed by atoms with Crippen LogP contribution in [0.4, 0.5) is 0 Å². The number of amides is 1. The molecular weight excluding hydrogens is 262 g/mol. The summed E-state index contributed by atoms with van der Waals surface area (Å²) in [6, 6.07) is 10.9. The predicted octanol–water partition coefficient (Wildman–Crippen LogP) is 1.27. The van der Waals surface area contributed by atoms with Crippen molar-refractivity contribution in [3.05, 3.63) is 69.8 Å². The quantitative estimate of drug-likeness (QED) is 0.874. The summed E-state index contributed by atoms with van der Waals surface area (Å²) in [7, 11) is 0. The van der Waals surface area contributed by atoms with Crippen molar-refractivity contribution in [2.75, 3.05) is 0 Å². The fourth-order valence-electron chi connectivity index (χ4n) is 1.56. The summed E-state index contributed by atoms with van der Waals surface area (Å²) < 4.78 is 4.86. The van der Waals surface area contributed by atoms with E-state index in [0.717, 1.165) is 17.7 Å². The van der Waals surface area contributed by atoms with E-state index in [9.17, 15) is 14.4 Å². The highest BCUT2D eigenvalue weighted by atomic mass is 16.4. The third-order valence-corrected chi connectivity index (χ3v) is 2.50. The van der Waals surface area contributed by atoms with E-state index in [-0.39, 0.29) is 12.3 Å². The number of carbonyl (C=O) groups excluding carboxylic acids is 1. The molecule has 2 N–H and O–H groups in total. The number of benzene rings is 1. The van der Waals surface area contributed by atoms with Gasteiger partial charge in [-0.15, -0.1) is 0 Å². The summed E-state index contributed by atoms with van der Waals surface area (Å²) in [4.78, 5) is 33.8. The van der Waals surface area contributed by atoms with Crippen LogP contribution in [0.5, 0.6) is 0 Å². The van der Waals surface area contributed by atoms with Crippen LogP contribution in [0.1, 0.15) is 26.7 Å². The first-order chi connectivity index (χ1) is 9.56. The first-order valence-corrected chi connectivity index (χ1v) is 5.77. The molecule has 0 saturated heterocycles. The van der Waals surface area contributed by atoms with E-state index in [1.807, 2.05) is 30.3 Å².